The molecular weight excluding hydrogens is 194 g/mol. The van der Waals surface area contributed by atoms with Crippen LogP contribution in [-0.4, -0.2) is 4.98 Å². The van der Waals surface area contributed by atoms with Crippen LogP contribution in [0.4, 0.5) is 0 Å². The molecule has 1 nitrogen and oxygen atoms in total. The molecule has 84 valence electrons. The maximum Gasteiger partial charge on any atom is 0.0409 e. The number of pyridine rings is 1. The second-order valence-corrected chi connectivity index (χ2v) is 4.80. The summed E-state index contributed by atoms with van der Waals surface area (Å²) in [6.45, 7) is 4.62. The molecule has 0 saturated carbocycles. The molecule has 2 rings (SSSR count). The van der Waals surface area contributed by atoms with Gasteiger partial charge in [0.05, 0.1) is 0 Å². The highest BCUT2D eigenvalue weighted by Crippen LogP contribution is 2.38. The number of hydrogen-bond donors (Lipinski definition) is 0. The molecule has 1 heteroatoms. The second-order valence-electron chi connectivity index (χ2n) is 4.80. The smallest absolute Gasteiger partial charge is 0.0409 e. The van der Waals surface area contributed by atoms with Crippen molar-refractivity contribution in [2.24, 2.45) is 11.3 Å². The van der Waals surface area contributed by atoms with Crippen LogP contribution < -0.4 is 0 Å². The number of allylic oxidation sites excluding steroid dienone is 4. The lowest BCUT2D eigenvalue weighted by molar-refractivity contribution is 0.252. The summed E-state index contributed by atoms with van der Waals surface area (Å²) in [7, 11) is 0. The van der Waals surface area contributed by atoms with Gasteiger partial charge in [0.1, 0.15) is 0 Å². The van der Waals surface area contributed by atoms with E-state index in [0.29, 0.717) is 5.92 Å². The summed E-state index contributed by atoms with van der Waals surface area (Å²) in [5.41, 5.74) is 1.48. The first-order valence-corrected chi connectivity index (χ1v) is 5.99. The Bertz CT molecular complexity index is 379. The number of rotatable bonds is 4. The normalized spacial score (nSPS) is 18.9. The lowest BCUT2D eigenvalue weighted by Crippen LogP contribution is -2.26. The van der Waals surface area contributed by atoms with Crippen LogP contribution in [0, 0.1) is 11.3 Å². The standard InChI is InChI=1S/C15H19N/c1-3-15(2,13-8-4-5-9-13)12-14-10-6-7-11-16-14/h4-11,13H,3,12H2,1-2H3. The van der Waals surface area contributed by atoms with Crippen LogP contribution >= 0.6 is 0 Å². The highest BCUT2D eigenvalue weighted by Gasteiger charge is 2.30. The van der Waals surface area contributed by atoms with Gasteiger partial charge >= 0.3 is 0 Å². The van der Waals surface area contributed by atoms with Crippen molar-refractivity contribution in [3.05, 3.63) is 54.4 Å². The first kappa shape index (κ1) is 11.1. The van der Waals surface area contributed by atoms with Gasteiger partial charge in [-0.2, -0.15) is 0 Å². The minimum atomic E-state index is 0.290. The molecule has 0 aliphatic heterocycles. The van der Waals surface area contributed by atoms with Gasteiger partial charge in [-0.3, -0.25) is 4.98 Å². The minimum Gasteiger partial charge on any atom is -0.261 e. The fraction of sp³-hybridized carbons (Fsp3) is 0.400. The predicted molar refractivity (Wildman–Crippen MR) is 68.1 cm³/mol. The Morgan fingerprint density at radius 2 is 2.00 bits per heavy atom. The molecule has 1 aromatic heterocycles. The molecule has 1 aliphatic carbocycles. The predicted octanol–water partition coefficient (Wildman–Crippen LogP) is 3.78. The van der Waals surface area contributed by atoms with Crippen LogP contribution in [0.15, 0.2) is 48.7 Å². The third-order valence-electron chi connectivity index (χ3n) is 3.67. The lowest BCUT2D eigenvalue weighted by Gasteiger charge is -2.32. The largest absolute Gasteiger partial charge is 0.261 e. The molecule has 16 heavy (non-hydrogen) atoms. The van der Waals surface area contributed by atoms with E-state index in [4.69, 9.17) is 0 Å². The third kappa shape index (κ3) is 2.24. The van der Waals surface area contributed by atoms with Crippen molar-refractivity contribution in [2.45, 2.75) is 26.7 Å². The molecule has 1 heterocycles. The van der Waals surface area contributed by atoms with Gasteiger partial charge in [-0.1, -0.05) is 44.2 Å². The van der Waals surface area contributed by atoms with Crippen molar-refractivity contribution < 1.29 is 0 Å². The average molecular weight is 213 g/mol. The molecule has 0 amide bonds. The van der Waals surface area contributed by atoms with Crippen molar-refractivity contribution >= 4 is 0 Å². The van der Waals surface area contributed by atoms with Gasteiger partial charge in [-0.25, -0.2) is 0 Å². The topological polar surface area (TPSA) is 12.9 Å². The molecular formula is C15H19N. The minimum absolute atomic E-state index is 0.290. The van der Waals surface area contributed by atoms with Crippen molar-refractivity contribution in [1.82, 2.24) is 4.98 Å². The Hall–Kier alpha value is -1.37. The second kappa shape index (κ2) is 4.65. The summed E-state index contributed by atoms with van der Waals surface area (Å²) < 4.78 is 0. The Balaban J connectivity index is 2.16. The van der Waals surface area contributed by atoms with Gasteiger partial charge in [0.25, 0.3) is 0 Å². The van der Waals surface area contributed by atoms with Gasteiger partial charge in [0.15, 0.2) is 0 Å². The summed E-state index contributed by atoms with van der Waals surface area (Å²) in [5.74, 6) is 0.555. The third-order valence-corrected chi connectivity index (χ3v) is 3.67. The SMILES string of the molecule is CCC(C)(Cc1ccccn1)C1C=CC=C1. The van der Waals surface area contributed by atoms with E-state index < -0.39 is 0 Å². The first-order chi connectivity index (χ1) is 7.74. The Morgan fingerprint density at radius 3 is 2.56 bits per heavy atom. The maximum absolute atomic E-state index is 4.43. The molecule has 1 atom stereocenters. The van der Waals surface area contributed by atoms with Gasteiger partial charge in [0.2, 0.25) is 0 Å². The monoisotopic (exact) mass is 213 g/mol. The van der Waals surface area contributed by atoms with Crippen molar-refractivity contribution in [3.8, 4) is 0 Å². The summed E-state index contributed by atoms with van der Waals surface area (Å²) in [6, 6.07) is 6.16. The van der Waals surface area contributed by atoms with E-state index in [1.54, 1.807) is 0 Å². The maximum atomic E-state index is 4.43. The van der Waals surface area contributed by atoms with E-state index in [1.165, 1.54) is 12.1 Å². The van der Waals surface area contributed by atoms with Crippen molar-refractivity contribution in [1.29, 1.82) is 0 Å². The first-order valence-electron chi connectivity index (χ1n) is 5.99. The number of hydrogen-bond acceptors (Lipinski definition) is 1. The van der Waals surface area contributed by atoms with Gasteiger partial charge in [0, 0.05) is 17.8 Å². The number of aromatic nitrogens is 1. The van der Waals surface area contributed by atoms with E-state index in [-0.39, 0.29) is 5.41 Å². The Morgan fingerprint density at radius 1 is 1.25 bits per heavy atom. The molecule has 0 aromatic carbocycles. The summed E-state index contributed by atoms with van der Waals surface area (Å²) in [4.78, 5) is 4.43. The molecule has 0 N–H and O–H groups in total. The van der Waals surface area contributed by atoms with E-state index in [1.807, 2.05) is 12.3 Å². The molecule has 0 fully saturated rings. The zero-order chi connectivity index (χ0) is 11.4. The summed E-state index contributed by atoms with van der Waals surface area (Å²) in [6.07, 6.45) is 13.0. The van der Waals surface area contributed by atoms with Crippen molar-refractivity contribution in [2.75, 3.05) is 0 Å². The molecule has 1 unspecified atom stereocenters. The highest BCUT2D eigenvalue weighted by molar-refractivity contribution is 5.22. The van der Waals surface area contributed by atoms with Crippen LogP contribution in [0.3, 0.4) is 0 Å². The van der Waals surface area contributed by atoms with Crippen LogP contribution in [0.25, 0.3) is 0 Å². The highest BCUT2D eigenvalue weighted by atomic mass is 14.7. The Labute approximate surface area is 97.9 Å². The molecule has 0 radical (unpaired) electrons. The van der Waals surface area contributed by atoms with E-state index in [0.717, 1.165) is 6.42 Å². The van der Waals surface area contributed by atoms with E-state index in [9.17, 15) is 0 Å². The van der Waals surface area contributed by atoms with Gasteiger partial charge < -0.3 is 0 Å². The van der Waals surface area contributed by atoms with Crippen LogP contribution in [0.1, 0.15) is 26.0 Å². The lowest BCUT2D eigenvalue weighted by atomic mass is 9.72. The fourth-order valence-electron chi connectivity index (χ4n) is 2.29. The zero-order valence-electron chi connectivity index (χ0n) is 10.1. The number of nitrogens with zero attached hydrogens (tertiary/aromatic N) is 1. The van der Waals surface area contributed by atoms with E-state index in [2.05, 4.69) is 55.3 Å². The van der Waals surface area contributed by atoms with Crippen LogP contribution in [0.5, 0.6) is 0 Å². The van der Waals surface area contributed by atoms with Crippen LogP contribution in [0.2, 0.25) is 0 Å². The average Bonchev–Trinajstić information content (AvgIpc) is 2.84. The van der Waals surface area contributed by atoms with Crippen molar-refractivity contribution in [3.63, 3.8) is 0 Å². The Kier molecular flexibility index (Phi) is 3.23. The molecule has 1 aromatic rings. The molecule has 1 aliphatic rings. The van der Waals surface area contributed by atoms with E-state index >= 15 is 0 Å². The molecule has 0 bridgehead atoms. The fourth-order valence-corrected chi connectivity index (χ4v) is 2.29. The van der Waals surface area contributed by atoms with Gasteiger partial charge in [-0.15, -0.1) is 0 Å². The van der Waals surface area contributed by atoms with Gasteiger partial charge in [-0.05, 0) is 30.4 Å². The summed E-state index contributed by atoms with van der Waals surface area (Å²) >= 11 is 0. The zero-order valence-corrected chi connectivity index (χ0v) is 10.1. The molecule has 0 saturated heterocycles. The summed E-state index contributed by atoms with van der Waals surface area (Å²) in [5, 5.41) is 0. The van der Waals surface area contributed by atoms with Crippen LogP contribution in [-0.2, 0) is 6.42 Å². The molecule has 0 spiro atoms. The quantitative estimate of drug-likeness (QED) is 0.741.